The maximum atomic E-state index is 13.5. The van der Waals surface area contributed by atoms with Crippen molar-refractivity contribution in [2.45, 2.75) is 12.6 Å². The second-order valence-corrected chi connectivity index (χ2v) is 4.50. The number of hydrogen-bond donors (Lipinski definition) is 1. The summed E-state index contributed by atoms with van der Waals surface area (Å²) < 4.78 is 32.1. The summed E-state index contributed by atoms with van der Waals surface area (Å²) in [6.45, 7) is 0.780. The number of rotatable bonds is 3. The number of nitrogens with one attached hydrogen (secondary N) is 1. The number of ether oxygens (including phenoxy) is 1. The van der Waals surface area contributed by atoms with E-state index in [1.54, 1.807) is 6.07 Å². The Balaban J connectivity index is 1.73. The largest absolute Gasteiger partial charge is 0.491 e. The summed E-state index contributed by atoms with van der Waals surface area (Å²) >= 11 is 0. The third kappa shape index (κ3) is 2.31. The molecule has 0 radical (unpaired) electrons. The lowest BCUT2D eigenvalue weighted by Crippen LogP contribution is -2.22. The van der Waals surface area contributed by atoms with Crippen LogP contribution < -0.4 is 10.1 Å². The number of halogens is 2. The molecular weight excluding hydrogens is 248 g/mol. The molecule has 1 atom stereocenters. The van der Waals surface area contributed by atoms with E-state index in [2.05, 4.69) is 5.32 Å². The van der Waals surface area contributed by atoms with Gasteiger partial charge in [0.15, 0.2) is 11.6 Å². The molecule has 1 unspecified atom stereocenters. The van der Waals surface area contributed by atoms with Gasteiger partial charge in [0, 0.05) is 17.7 Å². The van der Waals surface area contributed by atoms with Gasteiger partial charge in [-0.05, 0) is 12.1 Å². The smallest absolute Gasteiger partial charge is 0.163 e. The van der Waals surface area contributed by atoms with Crippen LogP contribution in [0.2, 0.25) is 0 Å². The summed E-state index contributed by atoms with van der Waals surface area (Å²) in [4.78, 5) is 0. The molecule has 4 heteroatoms. The van der Waals surface area contributed by atoms with Gasteiger partial charge in [-0.1, -0.05) is 30.3 Å². The third-order valence-electron chi connectivity index (χ3n) is 3.27. The van der Waals surface area contributed by atoms with E-state index in [9.17, 15) is 8.78 Å². The first kappa shape index (κ1) is 12.1. The normalized spacial score (nSPS) is 17.1. The van der Waals surface area contributed by atoms with Crippen LogP contribution in [0.25, 0.3) is 0 Å². The third-order valence-corrected chi connectivity index (χ3v) is 3.27. The fourth-order valence-electron chi connectivity index (χ4n) is 2.25. The van der Waals surface area contributed by atoms with Crippen molar-refractivity contribution in [3.8, 4) is 5.75 Å². The summed E-state index contributed by atoms with van der Waals surface area (Å²) in [6, 6.07) is 11.9. The van der Waals surface area contributed by atoms with Crippen LogP contribution in [0.15, 0.2) is 42.5 Å². The van der Waals surface area contributed by atoms with Crippen LogP contribution in [0, 0.1) is 11.6 Å². The van der Waals surface area contributed by atoms with Gasteiger partial charge in [-0.2, -0.15) is 0 Å². The van der Waals surface area contributed by atoms with Crippen molar-refractivity contribution in [3.63, 3.8) is 0 Å². The molecule has 0 saturated heterocycles. The molecule has 0 fully saturated rings. The zero-order valence-electron chi connectivity index (χ0n) is 10.2. The van der Waals surface area contributed by atoms with Crippen molar-refractivity contribution in [1.29, 1.82) is 0 Å². The predicted octanol–water partition coefficient (Wildman–Crippen LogP) is 3.19. The van der Waals surface area contributed by atoms with Gasteiger partial charge in [-0.3, -0.25) is 0 Å². The Bertz CT molecular complexity index is 600. The summed E-state index contributed by atoms with van der Waals surface area (Å²) in [5.41, 5.74) is 1.38. The van der Waals surface area contributed by atoms with E-state index in [-0.39, 0.29) is 12.6 Å². The molecule has 0 saturated carbocycles. The van der Waals surface area contributed by atoms with E-state index in [1.807, 2.05) is 24.3 Å². The van der Waals surface area contributed by atoms with Crippen molar-refractivity contribution >= 4 is 0 Å². The lowest BCUT2D eigenvalue weighted by molar-refractivity contribution is 0.309. The van der Waals surface area contributed by atoms with Crippen molar-refractivity contribution in [2.75, 3.05) is 6.61 Å². The molecule has 0 amide bonds. The minimum absolute atomic E-state index is 0.0128. The fraction of sp³-hybridized carbons (Fsp3) is 0.200. The number of para-hydroxylation sites is 1. The van der Waals surface area contributed by atoms with E-state index >= 15 is 0 Å². The van der Waals surface area contributed by atoms with Crippen LogP contribution in [0.4, 0.5) is 8.78 Å². The first-order chi connectivity index (χ1) is 9.25. The molecule has 19 heavy (non-hydrogen) atoms. The molecule has 1 heterocycles. The minimum atomic E-state index is -0.817. The molecule has 0 bridgehead atoms. The highest BCUT2D eigenvalue weighted by molar-refractivity contribution is 5.39. The van der Waals surface area contributed by atoms with Crippen LogP contribution in [-0.2, 0) is 6.54 Å². The molecule has 1 aliphatic heterocycles. The number of fused-ring (bicyclic) bond motifs is 1. The molecule has 0 aliphatic carbocycles. The van der Waals surface area contributed by atoms with Crippen molar-refractivity contribution in [1.82, 2.24) is 5.32 Å². The lowest BCUT2D eigenvalue weighted by Gasteiger charge is -2.12. The van der Waals surface area contributed by atoms with Crippen LogP contribution in [-0.4, -0.2) is 6.61 Å². The molecule has 0 aromatic heterocycles. The topological polar surface area (TPSA) is 21.3 Å². The van der Waals surface area contributed by atoms with Crippen LogP contribution in [0.3, 0.4) is 0 Å². The maximum absolute atomic E-state index is 13.5. The van der Waals surface area contributed by atoms with Gasteiger partial charge in [0.1, 0.15) is 12.4 Å². The summed E-state index contributed by atoms with van der Waals surface area (Å²) in [6.07, 6.45) is 0. The highest BCUT2D eigenvalue weighted by Crippen LogP contribution is 2.31. The quantitative estimate of drug-likeness (QED) is 0.916. The first-order valence-corrected chi connectivity index (χ1v) is 6.13. The summed E-state index contributed by atoms with van der Waals surface area (Å²) in [7, 11) is 0. The zero-order chi connectivity index (χ0) is 13.2. The fourth-order valence-corrected chi connectivity index (χ4v) is 2.25. The highest BCUT2D eigenvalue weighted by Gasteiger charge is 2.23. The zero-order valence-corrected chi connectivity index (χ0v) is 10.2. The number of benzene rings is 2. The molecule has 98 valence electrons. The Labute approximate surface area is 110 Å². The van der Waals surface area contributed by atoms with Crippen molar-refractivity contribution in [2.24, 2.45) is 0 Å². The van der Waals surface area contributed by atoms with E-state index < -0.39 is 11.6 Å². The van der Waals surface area contributed by atoms with Gasteiger partial charge in [-0.15, -0.1) is 0 Å². The van der Waals surface area contributed by atoms with E-state index in [1.165, 1.54) is 6.07 Å². The predicted molar refractivity (Wildman–Crippen MR) is 67.9 cm³/mol. The average Bonchev–Trinajstić information content (AvgIpc) is 2.84. The van der Waals surface area contributed by atoms with E-state index in [4.69, 9.17) is 4.74 Å². The van der Waals surface area contributed by atoms with Crippen LogP contribution in [0.1, 0.15) is 17.2 Å². The molecule has 3 rings (SSSR count). The lowest BCUT2D eigenvalue weighted by atomic mass is 10.1. The number of hydrogen-bond acceptors (Lipinski definition) is 2. The van der Waals surface area contributed by atoms with Crippen LogP contribution >= 0.6 is 0 Å². The minimum Gasteiger partial charge on any atom is -0.491 e. The summed E-state index contributed by atoms with van der Waals surface area (Å²) in [5.74, 6) is -0.760. The van der Waals surface area contributed by atoms with Gasteiger partial charge in [0.2, 0.25) is 0 Å². The molecule has 1 N–H and O–H groups in total. The van der Waals surface area contributed by atoms with E-state index in [0.717, 1.165) is 17.4 Å². The van der Waals surface area contributed by atoms with Gasteiger partial charge in [0.05, 0.1) is 6.04 Å². The SMILES string of the molecule is Fc1cccc(CNC2COc3ccccc32)c1F. The standard InChI is InChI=1S/C15H13F2NO/c16-12-6-3-4-10(15(12)17)8-18-13-9-19-14-7-2-1-5-11(13)14/h1-7,13,18H,8-9H2. The molecule has 2 aromatic carbocycles. The van der Waals surface area contributed by atoms with Gasteiger partial charge >= 0.3 is 0 Å². The van der Waals surface area contributed by atoms with Gasteiger partial charge < -0.3 is 10.1 Å². The van der Waals surface area contributed by atoms with Crippen LogP contribution in [0.5, 0.6) is 5.75 Å². The second-order valence-electron chi connectivity index (χ2n) is 4.50. The van der Waals surface area contributed by atoms with E-state index in [0.29, 0.717) is 12.2 Å². The monoisotopic (exact) mass is 261 g/mol. The Morgan fingerprint density at radius 1 is 1.11 bits per heavy atom. The molecule has 0 spiro atoms. The molecular formula is C15H13F2NO. The Hall–Kier alpha value is -1.94. The Morgan fingerprint density at radius 3 is 2.84 bits per heavy atom. The molecule has 2 nitrogen and oxygen atoms in total. The maximum Gasteiger partial charge on any atom is 0.163 e. The second kappa shape index (κ2) is 4.97. The van der Waals surface area contributed by atoms with Crippen molar-refractivity contribution < 1.29 is 13.5 Å². The Kier molecular flexibility index (Phi) is 3.17. The molecule has 2 aromatic rings. The average molecular weight is 261 g/mol. The first-order valence-electron chi connectivity index (χ1n) is 6.13. The highest BCUT2D eigenvalue weighted by atomic mass is 19.2. The van der Waals surface area contributed by atoms with Crippen molar-refractivity contribution in [3.05, 3.63) is 65.2 Å². The van der Waals surface area contributed by atoms with Gasteiger partial charge in [0.25, 0.3) is 0 Å². The van der Waals surface area contributed by atoms with Gasteiger partial charge in [-0.25, -0.2) is 8.78 Å². The molecule has 1 aliphatic rings. The Morgan fingerprint density at radius 2 is 1.95 bits per heavy atom. The summed E-state index contributed by atoms with van der Waals surface area (Å²) in [5, 5.41) is 3.19.